The summed E-state index contributed by atoms with van der Waals surface area (Å²) in [4.78, 5) is 12.1. The molecular weight excluding hydrogens is 300 g/mol. The SMILES string of the molecule is COc1ccc(CNC(=O)CNc2cccc3ccccc23)cc1. The number of carbonyl (C=O) groups excluding carboxylic acids is 1. The Morgan fingerprint density at radius 3 is 2.50 bits per heavy atom. The van der Waals surface area contributed by atoms with Crippen molar-refractivity contribution in [3.05, 3.63) is 72.3 Å². The molecule has 0 aliphatic heterocycles. The first-order chi connectivity index (χ1) is 11.8. The second-order valence-electron chi connectivity index (χ2n) is 5.51. The molecular formula is C20H20N2O2. The fourth-order valence-corrected chi connectivity index (χ4v) is 2.56. The number of ether oxygens (including phenoxy) is 1. The van der Waals surface area contributed by atoms with Crippen LogP contribution >= 0.6 is 0 Å². The van der Waals surface area contributed by atoms with Crippen molar-refractivity contribution in [2.75, 3.05) is 19.0 Å². The number of hydrogen-bond donors (Lipinski definition) is 2. The van der Waals surface area contributed by atoms with Crippen LogP contribution in [0.4, 0.5) is 5.69 Å². The maximum Gasteiger partial charge on any atom is 0.239 e. The molecule has 0 atom stereocenters. The van der Waals surface area contributed by atoms with Gasteiger partial charge in [0.15, 0.2) is 0 Å². The first kappa shape index (κ1) is 15.9. The summed E-state index contributed by atoms with van der Waals surface area (Å²) in [5.74, 6) is 0.765. The molecule has 24 heavy (non-hydrogen) atoms. The Kier molecular flexibility index (Phi) is 4.96. The minimum Gasteiger partial charge on any atom is -0.497 e. The quantitative estimate of drug-likeness (QED) is 0.730. The Morgan fingerprint density at radius 2 is 1.71 bits per heavy atom. The van der Waals surface area contributed by atoms with E-state index in [9.17, 15) is 4.79 Å². The number of rotatable bonds is 6. The molecule has 0 saturated heterocycles. The van der Waals surface area contributed by atoms with Crippen LogP contribution < -0.4 is 15.4 Å². The van der Waals surface area contributed by atoms with E-state index in [0.29, 0.717) is 6.54 Å². The molecule has 3 aromatic rings. The Bertz CT molecular complexity index is 823. The monoisotopic (exact) mass is 320 g/mol. The smallest absolute Gasteiger partial charge is 0.239 e. The molecule has 3 aromatic carbocycles. The molecule has 4 heteroatoms. The highest BCUT2D eigenvalue weighted by molar-refractivity contribution is 5.95. The number of benzene rings is 3. The molecule has 0 radical (unpaired) electrons. The molecule has 0 spiro atoms. The van der Waals surface area contributed by atoms with Crippen LogP contribution in [0.2, 0.25) is 0 Å². The average molecular weight is 320 g/mol. The van der Waals surface area contributed by atoms with Gasteiger partial charge in [0.1, 0.15) is 5.75 Å². The summed E-state index contributed by atoms with van der Waals surface area (Å²) in [6.07, 6.45) is 0. The van der Waals surface area contributed by atoms with Crippen LogP contribution in [0.1, 0.15) is 5.56 Å². The van der Waals surface area contributed by atoms with Crippen molar-refractivity contribution in [3.8, 4) is 5.75 Å². The predicted octanol–water partition coefficient (Wildman–Crippen LogP) is 3.58. The van der Waals surface area contributed by atoms with Gasteiger partial charge in [-0.1, -0.05) is 48.5 Å². The first-order valence-electron chi connectivity index (χ1n) is 7.87. The lowest BCUT2D eigenvalue weighted by Crippen LogP contribution is -2.29. The molecule has 0 aliphatic carbocycles. The number of hydrogen-bond acceptors (Lipinski definition) is 3. The van der Waals surface area contributed by atoms with E-state index in [4.69, 9.17) is 4.74 Å². The van der Waals surface area contributed by atoms with Gasteiger partial charge < -0.3 is 15.4 Å². The van der Waals surface area contributed by atoms with Gasteiger partial charge in [0.2, 0.25) is 5.91 Å². The van der Waals surface area contributed by atoms with E-state index < -0.39 is 0 Å². The van der Waals surface area contributed by atoms with Crippen molar-refractivity contribution in [2.45, 2.75) is 6.54 Å². The number of nitrogens with one attached hydrogen (secondary N) is 2. The van der Waals surface area contributed by atoms with Crippen molar-refractivity contribution >= 4 is 22.4 Å². The molecule has 0 fully saturated rings. The van der Waals surface area contributed by atoms with Crippen LogP contribution in [0.15, 0.2) is 66.7 Å². The molecule has 0 saturated carbocycles. The Labute approximate surface area is 141 Å². The van der Waals surface area contributed by atoms with E-state index in [1.807, 2.05) is 54.6 Å². The van der Waals surface area contributed by atoms with Crippen molar-refractivity contribution in [2.24, 2.45) is 0 Å². The van der Waals surface area contributed by atoms with Crippen LogP contribution in [0.3, 0.4) is 0 Å². The first-order valence-corrected chi connectivity index (χ1v) is 7.87. The van der Waals surface area contributed by atoms with Crippen molar-refractivity contribution in [3.63, 3.8) is 0 Å². The second kappa shape index (κ2) is 7.51. The third kappa shape index (κ3) is 3.84. The Hall–Kier alpha value is -3.01. The summed E-state index contributed by atoms with van der Waals surface area (Å²) in [7, 11) is 1.63. The van der Waals surface area contributed by atoms with Crippen LogP contribution in [-0.4, -0.2) is 19.6 Å². The average Bonchev–Trinajstić information content (AvgIpc) is 2.65. The molecule has 1 amide bonds. The van der Waals surface area contributed by atoms with Gasteiger partial charge in [0.05, 0.1) is 13.7 Å². The largest absolute Gasteiger partial charge is 0.497 e. The number of methoxy groups -OCH3 is 1. The van der Waals surface area contributed by atoms with Crippen LogP contribution in [-0.2, 0) is 11.3 Å². The van der Waals surface area contributed by atoms with Gasteiger partial charge in [-0.05, 0) is 29.1 Å². The zero-order chi connectivity index (χ0) is 16.8. The highest BCUT2D eigenvalue weighted by atomic mass is 16.5. The third-order valence-corrected chi connectivity index (χ3v) is 3.88. The summed E-state index contributed by atoms with van der Waals surface area (Å²) in [6.45, 7) is 0.740. The van der Waals surface area contributed by atoms with Gasteiger partial charge in [-0.3, -0.25) is 4.79 Å². The van der Waals surface area contributed by atoms with Gasteiger partial charge >= 0.3 is 0 Å². The zero-order valence-electron chi connectivity index (χ0n) is 13.6. The number of anilines is 1. The zero-order valence-corrected chi connectivity index (χ0v) is 13.6. The molecule has 4 nitrogen and oxygen atoms in total. The van der Waals surface area contributed by atoms with E-state index in [2.05, 4.69) is 22.8 Å². The number of fused-ring (bicyclic) bond motifs is 1. The maximum atomic E-state index is 12.1. The molecule has 3 rings (SSSR count). The van der Waals surface area contributed by atoms with Crippen molar-refractivity contribution < 1.29 is 9.53 Å². The minimum absolute atomic E-state index is 0.0428. The highest BCUT2D eigenvalue weighted by Gasteiger charge is 2.04. The van der Waals surface area contributed by atoms with Gasteiger partial charge in [-0.15, -0.1) is 0 Å². The van der Waals surface area contributed by atoms with Crippen LogP contribution in [0.5, 0.6) is 5.75 Å². The summed E-state index contributed by atoms with van der Waals surface area (Å²) >= 11 is 0. The summed E-state index contributed by atoms with van der Waals surface area (Å²) < 4.78 is 5.12. The molecule has 0 heterocycles. The van der Waals surface area contributed by atoms with Crippen LogP contribution in [0, 0.1) is 0 Å². The molecule has 0 unspecified atom stereocenters. The summed E-state index contributed by atoms with van der Waals surface area (Å²) in [5.41, 5.74) is 2.00. The summed E-state index contributed by atoms with van der Waals surface area (Å²) in [5, 5.41) is 8.39. The molecule has 122 valence electrons. The lowest BCUT2D eigenvalue weighted by molar-refractivity contribution is -0.119. The fraction of sp³-hybridized carbons (Fsp3) is 0.150. The number of carbonyl (C=O) groups is 1. The summed E-state index contributed by atoms with van der Waals surface area (Å²) in [6, 6.07) is 21.8. The molecule has 0 aromatic heterocycles. The lowest BCUT2D eigenvalue weighted by atomic mass is 10.1. The Morgan fingerprint density at radius 1 is 0.958 bits per heavy atom. The topological polar surface area (TPSA) is 50.4 Å². The molecule has 0 bridgehead atoms. The van der Waals surface area contributed by atoms with E-state index in [-0.39, 0.29) is 12.5 Å². The maximum absolute atomic E-state index is 12.1. The van der Waals surface area contributed by atoms with E-state index in [1.54, 1.807) is 7.11 Å². The van der Waals surface area contributed by atoms with E-state index in [1.165, 1.54) is 0 Å². The standard InChI is InChI=1S/C20H20N2O2/c1-24-17-11-9-15(10-12-17)13-22-20(23)14-21-19-8-4-6-16-5-2-3-7-18(16)19/h2-12,21H,13-14H2,1H3,(H,22,23). The van der Waals surface area contributed by atoms with E-state index in [0.717, 1.165) is 27.8 Å². The predicted molar refractivity (Wildman–Crippen MR) is 97.3 cm³/mol. The molecule has 0 aliphatic rings. The van der Waals surface area contributed by atoms with Crippen molar-refractivity contribution in [1.82, 2.24) is 5.32 Å². The van der Waals surface area contributed by atoms with Gasteiger partial charge in [-0.25, -0.2) is 0 Å². The highest BCUT2D eigenvalue weighted by Crippen LogP contribution is 2.22. The number of amides is 1. The van der Waals surface area contributed by atoms with Gasteiger partial charge in [-0.2, -0.15) is 0 Å². The van der Waals surface area contributed by atoms with Gasteiger partial charge in [0, 0.05) is 17.6 Å². The van der Waals surface area contributed by atoms with E-state index >= 15 is 0 Å². The van der Waals surface area contributed by atoms with Crippen LogP contribution in [0.25, 0.3) is 10.8 Å². The second-order valence-corrected chi connectivity index (χ2v) is 5.51. The Balaban J connectivity index is 1.55. The lowest BCUT2D eigenvalue weighted by Gasteiger charge is -2.10. The fourth-order valence-electron chi connectivity index (χ4n) is 2.56. The van der Waals surface area contributed by atoms with Crippen molar-refractivity contribution in [1.29, 1.82) is 0 Å². The normalized spacial score (nSPS) is 10.4. The molecule has 2 N–H and O–H groups in total. The van der Waals surface area contributed by atoms with Gasteiger partial charge in [0.25, 0.3) is 0 Å². The third-order valence-electron chi connectivity index (χ3n) is 3.88. The minimum atomic E-state index is -0.0428.